The maximum atomic E-state index is 12.3. The summed E-state index contributed by atoms with van der Waals surface area (Å²) in [4.78, 5) is 42.8. The van der Waals surface area contributed by atoms with Gasteiger partial charge >= 0.3 is 19.8 Å². The Bertz CT molecular complexity index is 858. The molecule has 2 N–H and O–H groups in total. The average Bonchev–Trinajstić information content (AvgIpc) is 3.11. The van der Waals surface area contributed by atoms with E-state index in [4.69, 9.17) is 19.3 Å². The highest BCUT2D eigenvalue weighted by Crippen LogP contribution is 2.36. The lowest BCUT2D eigenvalue weighted by molar-refractivity contribution is -0.161. The summed E-state index contributed by atoms with van der Waals surface area (Å²) < 4.78 is 26.4. The lowest BCUT2D eigenvalue weighted by atomic mass is 10.0. The smallest absolute Gasteiger partial charge is 0.462 e. The van der Waals surface area contributed by atoms with Crippen molar-refractivity contribution in [3.63, 3.8) is 0 Å². The highest BCUT2D eigenvalue weighted by molar-refractivity contribution is 7.46. The molecular weight excluding hydrogens is 675 g/mol. The van der Waals surface area contributed by atoms with Crippen molar-refractivity contribution in [3.8, 4) is 0 Å². The SMILES string of the molecule is CCCC/C=C\CCCCCCCC(=O)OC(COC(=O)CCCCCCCCCCCCCCCCCCCCCCCCC)COP(=O)(O)O. The van der Waals surface area contributed by atoms with E-state index in [9.17, 15) is 14.2 Å². The summed E-state index contributed by atoms with van der Waals surface area (Å²) in [6, 6.07) is 0. The van der Waals surface area contributed by atoms with Gasteiger partial charge in [0.1, 0.15) is 6.61 Å². The Morgan fingerprint density at radius 2 is 0.827 bits per heavy atom. The molecule has 0 aliphatic carbocycles. The summed E-state index contributed by atoms with van der Waals surface area (Å²) in [5.74, 6) is -0.884. The molecule has 9 heteroatoms. The first-order valence-electron chi connectivity index (χ1n) is 22.0. The Balaban J connectivity index is 3.76. The Morgan fingerprint density at radius 3 is 1.23 bits per heavy atom. The van der Waals surface area contributed by atoms with Crippen LogP contribution in [0, 0.1) is 0 Å². The number of carbonyl (C=O) groups excluding carboxylic acids is 2. The van der Waals surface area contributed by atoms with Crippen LogP contribution in [0.2, 0.25) is 0 Å². The molecule has 0 bridgehead atoms. The predicted molar refractivity (Wildman–Crippen MR) is 216 cm³/mol. The molecule has 0 fully saturated rings. The van der Waals surface area contributed by atoms with Crippen LogP contribution in [-0.2, 0) is 28.2 Å². The van der Waals surface area contributed by atoms with E-state index in [0.717, 1.165) is 57.8 Å². The first-order valence-corrected chi connectivity index (χ1v) is 23.5. The predicted octanol–water partition coefficient (Wildman–Crippen LogP) is 13.4. The zero-order valence-electron chi connectivity index (χ0n) is 34.0. The van der Waals surface area contributed by atoms with E-state index in [1.807, 2.05) is 0 Å². The van der Waals surface area contributed by atoms with Crippen LogP contribution in [-0.4, -0.2) is 41.0 Å². The summed E-state index contributed by atoms with van der Waals surface area (Å²) in [5, 5.41) is 0. The van der Waals surface area contributed by atoms with E-state index < -0.39 is 32.5 Å². The molecule has 0 aromatic rings. The van der Waals surface area contributed by atoms with Gasteiger partial charge in [-0.15, -0.1) is 0 Å². The zero-order valence-corrected chi connectivity index (χ0v) is 34.9. The van der Waals surface area contributed by atoms with Crippen LogP contribution in [0.25, 0.3) is 0 Å². The molecule has 0 saturated carbocycles. The first kappa shape index (κ1) is 50.8. The summed E-state index contributed by atoms with van der Waals surface area (Å²) >= 11 is 0. The topological polar surface area (TPSA) is 119 Å². The molecule has 0 amide bonds. The summed E-state index contributed by atoms with van der Waals surface area (Å²) in [7, 11) is -4.75. The quantitative estimate of drug-likeness (QED) is 0.0274. The van der Waals surface area contributed by atoms with Crippen molar-refractivity contribution in [2.45, 2.75) is 238 Å². The van der Waals surface area contributed by atoms with Crippen molar-refractivity contribution in [3.05, 3.63) is 12.2 Å². The molecule has 0 spiro atoms. The van der Waals surface area contributed by atoms with E-state index >= 15 is 0 Å². The third kappa shape index (κ3) is 41.5. The first-order chi connectivity index (χ1) is 25.3. The largest absolute Gasteiger partial charge is 0.469 e. The summed E-state index contributed by atoms with van der Waals surface area (Å²) in [5.41, 5.74) is 0. The molecule has 0 aliphatic heterocycles. The fourth-order valence-corrected chi connectivity index (χ4v) is 6.83. The van der Waals surface area contributed by atoms with Gasteiger partial charge < -0.3 is 19.3 Å². The maximum Gasteiger partial charge on any atom is 0.469 e. The Labute approximate surface area is 320 Å². The number of carbonyl (C=O) groups is 2. The normalized spacial score (nSPS) is 12.5. The molecule has 52 heavy (non-hydrogen) atoms. The van der Waals surface area contributed by atoms with Gasteiger partial charge in [0.15, 0.2) is 6.10 Å². The van der Waals surface area contributed by atoms with Crippen molar-refractivity contribution < 1.29 is 37.9 Å². The van der Waals surface area contributed by atoms with Crippen molar-refractivity contribution in [1.29, 1.82) is 0 Å². The molecule has 0 rings (SSSR count). The van der Waals surface area contributed by atoms with Crippen molar-refractivity contribution >= 4 is 19.8 Å². The summed E-state index contributed by atoms with van der Waals surface area (Å²) in [6.07, 6.45) is 43.8. The second-order valence-electron chi connectivity index (χ2n) is 15.0. The van der Waals surface area contributed by atoms with Gasteiger partial charge in [-0.1, -0.05) is 199 Å². The molecule has 0 heterocycles. The van der Waals surface area contributed by atoms with Crippen LogP contribution < -0.4 is 0 Å². The van der Waals surface area contributed by atoms with E-state index in [2.05, 4.69) is 30.5 Å². The van der Waals surface area contributed by atoms with Gasteiger partial charge in [0, 0.05) is 12.8 Å². The molecule has 0 aromatic heterocycles. The fourth-order valence-electron chi connectivity index (χ4n) is 6.47. The number of phosphoric acid groups is 1. The fraction of sp³-hybridized carbons (Fsp3) is 0.907. The monoisotopic (exact) mass is 759 g/mol. The lowest BCUT2D eigenvalue weighted by Crippen LogP contribution is -2.29. The number of phosphoric ester groups is 1. The van der Waals surface area contributed by atoms with Gasteiger partial charge in [-0.3, -0.25) is 14.1 Å². The summed E-state index contributed by atoms with van der Waals surface area (Å²) in [6.45, 7) is 3.66. The number of hydrogen-bond acceptors (Lipinski definition) is 6. The lowest BCUT2D eigenvalue weighted by Gasteiger charge is -2.18. The van der Waals surface area contributed by atoms with E-state index in [-0.39, 0.29) is 19.4 Å². The van der Waals surface area contributed by atoms with Crippen LogP contribution in [0.4, 0.5) is 0 Å². The highest BCUT2D eigenvalue weighted by atomic mass is 31.2. The molecule has 1 atom stereocenters. The third-order valence-electron chi connectivity index (χ3n) is 9.78. The van der Waals surface area contributed by atoms with Crippen molar-refractivity contribution in [2.24, 2.45) is 0 Å². The van der Waals surface area contributed by atoms with Crippen LogP contribution >= 0.6 is 7.82 Å². The van der Waals surface area contributed by atoms with E-state index in [1.165, 1.54) is 141 Å². The molecular formula is C43H83O8P. The molecule has 8 nitrogen and oxygen atoms in total. The van der Waals surface area contributed by atoms with Gasteiger partial charge in [-0.2, -0.15) is 0 Å². The second-order valence-corrected chi connectivity index (χ2v) is 16.3. The molecule has 0 radical (unpaired) electrons. The van der Waals surface area contributed by atoms with Crippen LogP contribution in [0.5, 0.6) is 0 Å². The van der Waals surface area contributed by atoms with Gasteiger partial charge in [-0.25, -0.2) is 4.57 Å². The van der Waals surface area contributed by atoms with Gasteiger partial charge in [0.05, 0.1) is 6.61 Å². The standard InChI is InChI=1S/C43H83O8P/c1-3-5-7-9-11-13-15-16-17-18-19-20-21-22-23-24-25-26-28-29-31-33-35-37-42(44)49-39-41(40-50-52(46,47)48)51-43(45)38-36-34-32-30-27-14-12-10-8-6-4-2/h10,12,41H,3-9,11,13-40H2,1-2H3,(H2,46,47,48)/b12-10-. The van der Waals surface area contributed by atoms with Crippen LogP contribution in [0.3, 0.4) is 0 Å². The third-order valence-corrected chi connectivity index (χ3v) is 10.3. The van der Waals surface area contributed by atoms with Gasteiger partial charge in [-0.05, 0) is 32.1 Å². The van der Waals surface area contributed by atoms with Crippen LogP contribution in [0.1, 0.15) is 232 Å². The molecule has 0 aromatic carbocycles. The van der Waals surface area contributed by atoms with Gasteiger partial charge in [0.25, 0.3) is 0 Å². The van der Waals surface area contributed by atoms with Gasteiger partial charge in [0.2, 0.25) is 0 Å². The minimum Gasteiger partial charge on any atom is -0.462 e. The van der Waals surface area contributed by atoms with E-state index in [1.54, 1.807) is 0 Å². The highest BCUT2D eigenvalue weighted by Gasteiger charge is 2.22. The Hall–Kier alpha value is -1.21. The number of esters is 2. The maximum absolute atomic E-state index is 12.3. The van der Waals surface area contributed by atoms with Crippen molar-refractivity contribution in [1.82, 2.24) is 0 Å². The van der Waals surface area contributed by atoms with Crippen LogP contribution in [0.15, 0.2) is 12.2 Å². The van der Waals surface area contributed by atoms with E-state index in [0.29, 0.717) is 6.42 Å². The van der Waals surface area contributed by atoms with Crippen molar-refractivity contribution in [2.75, 3.05) is 13.2 Å². The molecule has 1 unspecified atom stereocenters. The minimum atomic E-state index is -4.75. The number of unbranched alkanes of at least 4 members (excludes halogenated alkanes) is 29. The molecule has 308 valence electrons. The molecule has 0 aliphatic rings. The Kier molecular flexibility index (Phi) is 38.6. The second kappa shape index (κ2) is 39.5. The number of rotatable bonds is 41. The minimum absolute atomic E-state index is 0.205. The Morgan fingerprint density at radius 1 is 0.481 bits per heavy atom. The zero-order chi connectivity index (χ0) is 38.2. The number of hydrogen-bond donors (Lipinski definition) is 2. The number of ether oxygens (including phenoxy) is 2. The number of allylic oxidation sites excluding steroid dienone is 2. The average molecular weight is 759 g/mol. The molecule has 0 saturated heterocycles.